The van der Waals surface area contributed by atoms with Crippen LogP contribution in [0, 0.1) is 5.82 Å². The van der Waals surface area contributed by atoms with Crippen LogP contribution in [0.5, 0.6) is 5.75 Å². The molecule has 3 aromatic carbocycles. The predicted octanol–water partition coefficient (Wildman–Crippen LogP) is 4.59. The summed E-state index contributed by atoms with van der Waals surface area (Å²) in [5.41, 5.74) is 1.69. The number of para-hydroxylation sites is 1. The first-order valence-electron chi connectivity index (χ1n) is 9.72. The molecule has 0 spiro atoms. The minimum absolute atomic E-state index is 0.0102. The van der Waals surface area contributed by atoms with Gasteiger partial charge in [0.25, 0.3) is 15.9 Å². The highest BCUT2D eigenvalue weighted by Gasteiger charge is 2.18. The van der Waals surface area contributed by atoms with Crippen molar-refractivity contribution < 1.29 is 22.3 Å². The summed E-state index contributed by atoms with van der Waals surface area (Å²) in [5, 5.41) is 2.71. The zero-order chi connectivity index (χ0) is 22.4. The fourth-order valence-electron chi connectivity index (χ4n) is 2.85. The Labute approximate surface area is 181 Å². The third-order valence-electron chi connectivity index (χ3n) is 4.56. The van der Waals surface area contributed by atoms with Crippen molar-refractivity contribution in [2.24, 2.45) is 0 Å². The van der Waals surface area contributed by atoms with Gasteiger partial charge >= 0.3 is 0 Å². The lowest BCUT2D eigenvalue weighted by Crippen LogP contribution is -2.30. The van der Waals surface area contributed by atoms with Crippen molar-refractivity contribution in [3.05, 3.63) is 84.2 Å². The maximum atomic E-state index is 13.0. The van der Waals surface area contributed by atoms with Gasteiger partial charge in [-0.15, -0.1) is 0 Å². The number of nitrogens with one attached hydrogen (secondary N) is 2. The van der Waals surface area contributed by atoms with Crippen LogP contribution in [-0.4, -0.2) is 20.4 Å². The molecule has 0 aliphatic rings. The van der Waals surface area contributed by atoms with Crippen molar-refractivity contribution >= 4 is 27.3 Å². The summed E-state index contributed by atoms with van der Waals surface area (Å²) in [4.78, 5) is 12.5. The number of amides is 1. The van der Waals surface area contributed by atoms with Crippen LogP contribution in [0.25, 0.3) is 0 Å². The quantitative estimate of drug-likeness (QED) is 0.534. The summed E-state index contributed by atoms with van der Waals surface area (Å²) < 4.78 is 46.1. The van der Waals surface area contributed by atoms with Crippen LogP contribution in [0.3, 0.4) is 0 Å². The Balaban J connectivity index is 1.64. The van der Waals surface area contributed by atoms with Crippen LogP contribution in [0.1, 0.15) is 19.4 Å². The first-order valence-corrected chi connectivity index (χ1v) is 11.2. The van der Waals surface area contributed by atoms with E-state index in [1.165, 1.54) is 48.5 Å². The standard InChI is InChI=1S/C23H23FN2O4S/c1-3-17-6-4-5-7-22(17)30-16(2)23(27)25-19-12-14-21(15-13-19)31(28,29)26-20-10-8-18(24)9-11-20/h4-16,26H,3H2,1-2H3,(H,25,27)/t16-/m1/s1. The smallest absolute Gasteiger partial charge is 0.265 e. The lowest BCUT2D eigenvalue weighted by molar-refractivity contribution is -0.122. The van der Waals surface area contributed by atoms with E-state index in [9.17, 15) is 17.6 Å². The Morgan fingerprint density at radius 3 is 2.23 bits per heavy atom. The molecular formula is C23H23FN2O4S. The van der Waals surface area contributed by atoms with Crippen LogP contribution >= 0.6 is 0 Å². The number of carbonyl (C=O) groups excluding carboxylic acids is 1. The Morgan fingerprint density at radius 2 is 1.58 bits per heavy atom. The summed E-state index contributed by atoms with van der Waals surface area (Å²) in [7, 11) is -3.85. The van der Waals surface area contributed by atoms with Gasteiger partial charge in [-0.3, -0.25) is 9.52 Å². The van der Waals surface area contributed by atoms with Gasteiger partial charge in [0, 0.05) is 11.4 Å². The number of carbonyl (C=O) groups is 1. The maximum absolute atomic E-state index is 13.0. The van der Waals surface area contributed by atoms with Gasteiger partial charge in [-0.05, 0) is 73.5 Å². The molecule has 31 heavy (non-hydrogen) atoms. The summed E-state index contributed by atoms with van der Waals surface area (Å²) in [6, 6.07) is 18.2. The molecule has 0 unspecified atom stereocenters. The highest BCUT2D eigenvalue weighted by molar-refractivity contribution is 7.92. The zero-order valence-electron chi connectivity index (χ0n) is 17.1. The van der Waals surface area contributed by atoms with Crippen LogP contribution in [-0.2, 0) is 21.2 Å². The fraction of sp³-hybridized carbons (Fsp3) is 0.174. The van der Waals surface area contributed by atoms with E-state index in [-0.39, 0.29) is 16.5 Å². The Bertz CT molecular complexity index is 1150. The molecule has 0 saturated heterocycles. The Kier molecular flexibility index (Phi) is 6.91. The number of hydrogen-bond donors (Lipinski definition) is 2. The number of aryl methyl sites for hydroxylation is 1. The van der Waals surface area contributed by atoms with Crippen LogP contribution in [0.2, 0.25) is 0 Å². The second-order valence-corrected chi connectivity index (χ2v) is 8.53. The molecule has 1 amide bonds. The van der Waals surface area contributed by atoms with Crippen molar-refractivity contribution in [1.82, 2.24) is 0 Å². The number of hydrogen-bond acceptors (Lipinski definition) is 4. The van der Waals surface area contributed by atoms with E-state index in [2.05, 4.69) is 10.0 Å². The van der Waals surface area contributed by atoms with E-state index < -0.39 is 21.9 Å². The highest BCUT2D eigenvalue weighted by atomic mass is 32.2. The van der Waals surface area contributed by atoms with Gasteiger partial charge in [-0.1, -0.05) is 25.1 Å². The summed E-state index contributed by atoms with van der Waals surface area (Å²) in [5.74, 6) is -0.161. The van der Waals surface area contributed by atoms with Crippen molar-refractivity contribution in [2.45, 2.75) is 31.3 Å². The van der Waals surface area contributed by atoms with E-state index in [1.54, 1.807) is 6.92 Å². The second kappa shape index (κ2) is 9.61. The number of sulfonamides is 1. The molecule has 162 valence electrons. The zero-order valence-corrected chi connectivity index (χ0v) is 17.9. The van der Waals surface area contributed by atoms with Crippen molar-refractivity contribution in [1.29, 1.82) is 0 Å². The molecule has 0 saturated carbocycles. The third-order valence-corrected chi connectivity index (χ3v) is 5.95. The second-order valence-electron chi connectivity index (χ2n) is 6.85. The largest absolute Gasteiger partial charge is 0.481 e. The van der Waals surface area contributed by atoms with Gasteiger partial charge in [0.1, 0.15) is 11.6 Å². The third kappa shape index (κ3) is 5.82. The monoisotopic (exact) mass is 442 g/mol. The van der Waals surface area contributed by atoms with Gasteiger partial charge in [0.2, 0.25) is 0 Å². The molecule has 6 nitrogen and oxygen atoms in total. The number of ether oxygens (including phenoxy) is 1. The van der Waals surface area contributed by atoms with Crippen molar-refractivity contribution in [2.75, 3.05) is 10.0 Å². The van der Waals surface area contributed by atoms with E-state index in [0.717, 1.165) is 12.0 Å². The van der Waals surface area contributed by atoms with E-state index >= 15 is 0 Å². The lowest BCUT2D eigenvalue weighted by Gasteiger charge is -2.17. The number of rotatable bonds is 8. The minimum atomic E-state index is -3.85. The maximum Gasteiger partial charge on any atom is 0.265 e. The molecule has 0 bridgehead atoms. The van der Waals surface area contributed by atoms with Crippen molar-refractivity contribution in [3.8, 4) is 5.75 Å². The number of anilines is 2. The molecule has 8 heteroatoms. The number of benzene rings is 3. The molecule has 0 aliphatic heterocycles. The van der Waals surface area contributed by atoms with E-state index in [1.807, 2.05) is 31.2 Å². The van der Waals surface area contributed by atoms with E-state index in [4.69, 9.17) is 4.74 Å². The van der Waals surface area contributed by atoms with Gasteiger partial charge in [0.15, 0.2) is 6.10 Å². The molecule has 1 atom stereocenters. The summed E-state index contributed by atoms with van der Waals surface area (Å²) in [6.07, 6.45) is 0.0446. The number of halogens is 1. The average molecular weight is 443 g/mol. The molecule has 0 fully saturated rings. The molecule has 2 N–H and O–H groups in total. The lowest BCUT2D eigenvalue weighted by atomic mass is 10.1. The Morgan fingerprint density at radius 1 is 0.968 bits per heavy atom. The molecule has 0 aromatic heterocycles. The molecule has 0 radical (unpaired) electrons. The first kappa shape index (κ1) is 22.3. The fourth-order valence-corrected chi connectivity index (χ4v) is 3.91. The highest BCUT2D eigenvalue weighted by Crippen LogP contribution is 2.21. The van der Waals surface area contributed by atoms with Gasteiger partial charge in [-0.25, -0.2) is 12.8 Å². The van der Waals surface area contributed by atoms with Crippen molar-refractivity contribution in [3.63, 3.8) is 0 Å². The summed E-state index contributed by atoms with van der Waals surface area (Å²) >= 11 is 0. The van der Waals surface area contributed by atoms with Crippen LogP contribution < -0.4 is 14.8 Å². The molecule has 3 rings (SSSR count). The molecular weight excluding hydrogens is 419 g/mol. The SMILES string of the molecule is CCc1ccccc1O[C@H](C)C(=O)Nc1ccc(S(=O)(=O)Nc2ccc(F)cc2)cc1. The van der Waals surface area contributed by atoms with Gasteiger partial charge in [-0.2, -0.15) is 0 Å². The van der Waals surface area contributed by atoms with Gasteiger partial charge in [0.05, 0.1) is 4.90 Å². The molecule has 0 aliphatic carbocycles. The normalized spacial score (nSPS) is 12.1. The average Bonchev–Trinajstić information content (AvgIpc) is 2.76. The molecule has 3 aromatic rings. The van der Waals surface area contributed by atoms with Crippen LogP contribution in [0.4, 0.5) is 15.8 Å². The Hall–Kier alpha value is -3.39. The topological polar surface area (TPSA) is 84.5 Å². The van der Waals surface area contributed by atoms with E-state index in [0.29, 0.717) is 11.4 Å². The van der Waals surface area contributed by atoms with Crippen LogP contribution in [0.15, 0.2) is 77.7 Å². The summed E-state index contributed by atoms with van der Waals surface area (Å²) in [6.45, 7) is 3.65. The molecule has 0 heterocycles. The van der Waals surface area contributed by atoms with Gasteiger partial charge < -0.3 is 10.1 Å². The predicted molar refractivity (Wildman–Crippen MR) is 118 cm³/mol. The minimum Gasteiger partial charge on any atom is -0.481 e. The first-order chi connectivity index (χ1) is 14.8.